The van der Waals surface area contributed by atoms with E-state index in [9.17, 15) is 4.79 Å². The van der Waals surface area contributed by atoms with Crippen LogP contribution in [0.4, 0.5) is 0 Å². The summed E-state index contributed by atoms with van der Waals surface area (Å²) in [7, 11) is 0. The zero-order chi connectivity index (χ0) is 10.8. The zero-order valence-electron chi connectivity index (χ0n) is 8.72. The summed E-state index contributed by atoms with van der Waals surface area (Å²) in [4.78, 5) is 11.4. The average molecular weight is 209 g/mol. The van der Waals surface area contributed by atoms with E-state index in [-0.39, 0.29) is 12.0 Å². The molecule has 1 saturated carbocycles. The standard InChI is InChI=1S/C10H15N3O2/c1-2-15-10(14)7-5-12-13(6-7)9-3-8(11)4-9/h5-6,8-9H,2-4,11H2,1H3. The molecule has 82 valence electrons. The van der Waals surface area contributed by atoms with Gasteiger partial charge in [0.1, 0.15) is 0 Å². The second kappa shape index (κ2) is 4.02. The Bertz CT molecular complexity index is 355. The molecular formula is C10H15N3O2. The Morgan fingerprint density at radius 2 is 2.47 bits per heavy atom. The molecule has 0 aromatic carbocycles. The van der Waals surface area contributed by atoms with Gasteiger partial charge in [0.05, 0.1) is 24.4 Å². The molecule has 1 heterocycles. The summed E-state index contributed by atoms with van der Waals surface area (Å²) in [5.74, 6) is -0.313. The van der Waals surface area contributed by atoms with E-state index in [0.29, 0.717) is 18.2 Å². The molecule has 1 aliphatic carbocycles. The summed E-state index contributed by atoms with van der Waals surface area (Å²) in [6.07, 6.45) is 5.14. The van der Waals surface area contributed by atoms with Crippen LogP contribution in [-0.2, 0) is 4.74 Å². The Hall–Kier alpha value is -1.36. The van der Waals surface area contributed by atoms with E-state index in [0.717, 1.165) is 12.8 Å². The fraction of sp³-hybridized carbons (Fsp3) is 0.600. The predicted octanol–water partition coefficient (Wildman–Crippen LogP) is 0.722. The Balaban J connectivity index is 2.01. The van der Waals surface area contributed by atoms with Gasteiger partial charge in [-0.05, 0) is 19.8 Å². The largest absolute Gasteiger partial charge is 0.462 e. The number of nitrogens with zero attached hydrogens (tertiary/aromatic N) is 2. The first-order valence-corrected chi connectivity index (χ1v) is 5.17. The molecule has 5 heteroatoms. The van der Waals surface area contributed by atoms with E-state index in [1.807, 2.05) is 0 Å². The van der Waals surface area contributed by atoms with Gasteiger partial charge in [-0.15, -0.1) is 0 Å². The van der Waals surface area contributed by atoms with Crippen molar-refractivity contribution in [1.29, 1.82) is 0 Å². The Kier molecular flexibility index (Phi) is 2.73. The van der Waals surface area contributed by atoms with Gasteiger partial charge in [-0.3, -0.25) is 4.68 Å². The quantitative estimate of drug-likeness (QED) is 0.745. The molecule has 0 bridgehead atoms. The number of carbonyl (C=O) groups excluding carboxylic acids is 1. The SMILES string of the molecule is CCOC(=O)c1cnn(C2CC(N)C2)c1. The van der Waals surface area contributed by atoms with Crippen molar-refractivity contribution in [2.75, 3.05) is 6.61 Å². The van der Waals surface area contributed by atoms with Crippen LogP contribution in [0.1, 0.15) is 36.2 Å². The smallest absolute Gasteiger partial charge is 0.341 e. The normalized spacial score (nSPS) is 24.7. The highest BCUT2D eigenvalue weighted by molar-refractivity contribution is 5.88. The zero-order valence-corrected chi connectivity index (χ0v) is 8.72. The monoisotopic (exact) mass is 209 g/mol. The first-order valence-electron chi connectivity index (χ1n) is 5.17. The highest BCUT2D eigenvalue weighted by Gasteiger charge is 2.28. The van der Waals surface area contributed by atoms with Crippen molar-refractivity contribution >= 4 is 5.97 Å². The lowest BCUT2D eigenvalue weighted by atomic mass is 9.88. The first-order chi connectivity index (χ1) is 7.20. The Morgan fingerprint density at radius 3 is 3.07 bits per heavy atom. The number of hydrogen-bond acceptors (Lipinski definition) is 4. The summed E-state index contributed by atoms with van der Waals surface area (Å²) in [5.41, 5.74) is 6.20. The number of aromatic nitrogens is 2. The van der Waals surface area contributed by atoms with Crippen LogP contribution >= 0.6 is 0 Å². The number of nitrogens with two attached hydrogens (primary N) is 1. The van der Waals surface area contributed by atoms with Gasteiger partial charge >= 0.3 is 5.97 Å². The second-order valence-corrected chi connectivity index (χ2v) is 3.81. The molecule has 2 rings (SSSR count). The van der Waals surface area contributed by atoms with E-state index in [4.69, 9.17) is 10.5 Å². The van der Waals surface area contributed by atoms with Gasteiger partial charge < -0.3 is 10.5 Å². The predicted molar refractivity (Wildman–Crippen MR) is 54.4 cm³/mol. The van der Waals surface area contributed by atoms with E-state index < -0.39 is 0 Å². The fourth-order valence-electron chi connectivity index (χ4n) is 1.70. The molecule has 0 atom stereocenters. The van der Waals surface area contributed by atoms with Crippen molar-refractivity contribution in [3.05, 3.63) is 18.0 Å². The van der Waals surface area contributed by atoms with E-state index in [1.54, 1.807) is 24.0 Å². The van der Waals surface area contributed by atoms with E-state index in [1.165, 1.54) is 0 Å². The van der Waals surface area contributed by atoms with Gasteiger partial charge in [0.15, 0.2) is 0 Å². The third-order valence-corrected chi connectivity index (χ3v) is 2.64. The number of rotatable bonds is 3. The van der Waals surface area contributed by atoms with Crippen molar-refractivity contribution in [3.63, 3.8) is 0 Å². The van der Waals surface area contributed by atoms with Crippen molar-refractivity contribution in [2.45, 2.75) is 31.8 Å². The van der Waals surface area contributed by atoms with Crippen LogP contribution in [0.25, 0.3) is 0 Å². The van der Waals surface area contributed by atoms with Crippen LogP contribution in [0.3, 0.4) is 0 Å². The molecule has 0 aliphatic heterocycles. The van der Waals surface area contributed by atoms with Gasteiger partial charge in [0, 0.05) is 12.2 Å². The summed E-state index contributed by atoms with van der Waals surface area (Å²) in [6.45, 7) is 2.17. The molecule has 0 saturated heterocycles. The molecule has 5 nitrogen and oxygen atoms in total. The topological polar surface area (TPSA) is 70.1 Å². The molecule has 1 aromatic rings. The third kappa shape index (κ3) is 2.02. The molecule has 2 N–H and O–H groups in total. The van der Waals surface area contributed by atoms with Crippen molar-refractivity contribution < 1.29 is 9.53 Å². The minimum absolute atomic E-state index is 0.283. The van der Waals surface area contributed by atoms with Crippen molar-refractivity contribution in [2.24, 2.45) is 5.73 Å². The molecule has 0 amide bonds. The maximum atomic E-state index is 11.4. The number of ether oxygens (including phenoxy) is 1. The van der Waals surface area contributed by atoms with Gasteiger partial charge in [0.25, 0.3) is 0 Å². The van der Waals surface area contributed by atoms with Gasteiger partial charge in [0.2, 0.25) is 0 Å². The van der Waals surface area contributed by atoms with Crippen LogP contribution in [0, 0.1) is 0 Å². The number of carbonyl (C=O) groups is 1. The number of esters is 1. The summed E-state index contributed by atoms with van der Waals surface area (Å²) in [5, 5.41) is 4.14. The maximum Gasteiger partial charge on any atom is 0.341 e. The second-order valence-electron chi connectivity index (χ2n) is 3.81. The van der Waals surface area contributed by atoms with Gasteiger partial charge in [-0.25, -0.2) is 4.79 Å². The number of hydrogen-bond donors (Lipinski definition) is 1. The highest BCUT2D eigenvalue weighted by Crippen LogP contribution is 2.30. The van der Waals surface area contributed by atoms with Crippen molar-refractivity contribution in [1.82, 2.24) is 9.78 Å². The van der Waals surface area contributed by atoms with Crippen LogP contribution in [0.2, 0.25) is 0 Å². The summed E-state index contributed by atoms with van der Waals surface area (Å²) < 4.78 is 6.68. The summed E-state index contributed by atoms with van der Waals surface area (Å²) in [6, 6.07) is 0.633. The minimum atomic E-state index is -0.313. The molecule has 1 aliphatic rings. The van der Waals surface area contributed by atoms with Crippen LogP contribution in [0.5, 0.6) is 0 Å². The van der Waals surface area contributed by atoms with Crippen molar-refractivity contribution in [3.8, 4) is 0 Å². The fourth-order valence-corrected chi connectivity index (χ4v) is 1.70. The molecule has 0 unspecified atom stereocenters. The molecule has 15 heavy (non-hydrogen) atoms. The minimum Gasteiger partial charge on any atom is -0.462 e. The first kappa shape index (κ1) is 10.2. The lowest BCUT2D eigenvalue weighted by Gasteiger charge is -2.32. The lowest BCUT2D eigenvalue weighted by Crippen LogP contribution is -2.37. The van der Waals surface area contributed by atoms with E-state index >= 15 is 0 Å². The maximum absolute atomic E-state index is 11.4. The molecule has 1 aromatic heterocycles. The van der Waals surface area contributed by atoms with E-state index in [2.05, 4.69) is 5.10 Å². The van der Waals surface area contributed by atoms with Gasteiger partial charge in [-0.2, -0.15) is 5.10 Å². The molecular weight excluding hydrogens is 194 g/mol. The molecule has 1 fully saturated rings. The third-order valence-electron chi connectivity index (χ3n) is 2.64. The van der Waals surface area contributed by atoms with Crippen LogP contribution in [-0.4, -0.2) is 28.4 Å². The summed E-state index contributed by atoms with van der Waals surface area (Å²) >= 11 is 0. The van der Waals surface area contributed by atoms with Gasteiger partial charge in [-0.1, -0.05) is 0 Å². The average Bonchev–Trinajstić information content (AvgIpc) is 2.62. The molecule has 0 spiro atoms. The Labute approximate surface area is 88.2 Å². The lowest BCUT2D eigenvalue weighted by molar-refractivity contribution is 0.0526. The van der Waals surface area contributed by atoms with Crippen LogP contribution in [0.15, 0.2) is 12.4 Å². The van der Waals surface area contributed by atoms with Crippen LogP contribution < -0.4 is 5.73 Å². The highest BCUT2D eigenvalue weighted by atomic mass is 16.5. The Morgan fingerprint density at radius 1 is 1.73 bits per heavy atom. The molecule has 0 radical (unpaired) electrons.